The van der Waals surface area contributed by atoms with Gasteiger partial charge in [0.15, 0.2) is 0 Å². The second-order valence-corrected chi connectivity index (χ2v) is 23.9. The van der Waals surface area contributed by atoms with E-state index in [-0.39, 0.29) is 6.61 Å². The Labute approximate surface area is 145 Å². The Balaban J connectivity index is 0.000000296. The van der Waals surface area contributed by atoms with Crippen LogP contribution in [-0.2, 0) is 11.9 Å². The molecule has 0 saturated carbocycles. The van der Waals surface area contributed by atoms with Crippen LogP contribution in [0.3, 0.4) is 0 Å². The van der Waals surface area contributed by atoms with Gasteiger partial charge in [-0.1, -0.05) is 25.0 Å². The number of aliphatic hydroxyl groups excluding tert-OH is 2. The van der Waals surface area contributed by atoms with Crippen LogP contribution in [0.4, 0.5) is 0 Å². The minimum atomic E-state index is -3.06. The van der Waals surface area contributed by atoms with Crippen LogP contribution in [0.5, 0.6) is 0 Å². The van der Waals surface area contributed by atoms with Crippen molar-refractivity contribution < 1.29 is 22.1 Å². The van der Waals surface area contributed by atoms with Crippen LogP contribution < -0.4 is 0 Å². The Morgan fingerprint density at radius 1 is 1.14 bits per heavy atom. The van der Waals surface area contributed by atoms with Gasteiger partial charge < -0.3 is 20.8 Å². The molecule has 1 saturated heterocycles. The van der Waals surface area contributed by atoms with Gasteiger partial charge in [-0.2, -0.15) is 6.20 Å². The van der Waals surface area contributed by atoms with E-state index in [2.05, 4.69) is 10.6 Å². The van der Waals surface area contributed by atoms with Gasteiger partial charge >= 0.3 is 49.6 Å². The summed E-state index contributed by atoms with van der Waals surface area (Å²) in [5.41, 5.74) is 0.958. The van der Waals surface area contributed by atoms with Crippen molar-refractivity contribution in [3.8, 4) is 0 Å². The molecule has 0 aliphatic carbocycles. The minimum absolute atomic E-state index is 0.131. The monoisotopic (exact) mass is 559 g/mol. The van der Waals surface area contributed by atoms with Crippen molar-refractivity contribution in [2.24, 2.45) is 5.92 Å². The molecule has 2 heterocycles. The number of rotatable bonds is 2. The van der Waals surface area contributed by atoms with Gasteiger partial charge in [0.05, 0.1) is 6.61 Å². The summed E-state index contributed by atoms with van der Waals surface area (Å²) in [6.07, 6.45) is 7.61. The summed E-state index contributed by atoms with van der Waals surface area (Å²) >= 11 is -3.06. The molecule has 2 aliphatic rings. The van der Waals surface area contributed by atoms with Crippen LogP contribution in [0.1, 0.15) is 12.8 Å². The van der Waals surface area contributed by atoms with E-state index < -0.39 is 11.9 Å². The van der Waals surface area contributed by atoms with Crippen molar-refractivity contribution in [2.75, 3.05) is 32.8 Å². The third-order valence-electron chi connectivity index (χ3n) is 2.68. The van der Waals surface area contributed by atoms with E-state index >= 15 is 0 Å². The molecule has 9 heteroatoms. The van der Waals surface area contributed by atoms with Crippen molar-refractivity contribution in [3.05, 3.63) is 34.6 Å². The SMILES string of the molecule is OCC1=CC[N-]C=C1.OCC1CC[N-]CC1.[Cl][Pt+2]([Cl])([Cl])[Cl]. The topological polar surface area (TPSA) is 68.7 Å². The quantitative estimate of drug-likeness (QED) is 0.528. The van der Waals surface area contributed by atoms with Crippen molar-refractivity contribution in [1.29, 1.82) is 0 Å². The van der Waals surface area contributed by atoms with E-state index in [4.69, 9.17) is 47.9 Å². The first-order chi connectivity index (χ1) is 9.86. The molecule has 4 nitrogen and oxygen atoms in total. The summed E-state index contributed by atoms with van der Waals surface area (Å²) in [5, 5.41) is 25.3. The van der Waals surface area contributed by atoms with E-state index in [1.807, 2.05) is 12.2 Å². The molecule has 0 atom stereocenters. The molecule has 0 aromatic carbocycles. The van der Waals surface area contributed by atoms with Gasteiger partial charge in [-0.15, -0.1) is 19.6 Å². The molecular weight excluding hydrogens is 541 g/mol. The van der Waals surface area contributed by atoms with Gasteiger partial charge in [-0.3, -0.25) is 0 Å². The average molecular weight is 561 g/mol. The summed E-state index contributed by atoms with van der Waals surface area (Å²) < 4.78 is 0. The number of hydrogen-bond acceptors (Lipinski definition) is 2. The van der Waals surface area contributed by atoms with Crippen molar-refractivity contribution in [1.82, 2.24) is 0 Å². The van der Waals surface area contributed by atoms with Gasteiger partial charge in [0.2, 0.25) is 0 Å². The second-order valence-electron chi connectivity index (χ2n) is 4.19. The molecule has 0 unspecified atom stereocenters. The van der Waals surface area contributed by atoms with Crippen LogP contribution in [-0.4, -0.2) is 43.1 Å². The molecule has 21 heavy (non-hydrogen) atoms. The summed E-state index contributed by atoms with van der Waals surface area (Å²) in [6.45, 7) is 3.13. The van der Waals surface area contributed by atoms with Crippen LogP contribution in [0.25, 0.3) is 10.6 Å². The van der Waals surface area contributed by atoms with Gasteiger partial charge in [0, 0.05) is 6.61 Å². The molecule has 0 aromatic rings. The van der Waals surface area contributed by atoms with E-state index in [9.17, 15) is 0 Å². The second kappa shape index (κ2) is 13.4. The van der Waals surface area contributed by atoms with Gasteiger partial charge in [0.1, 0.15) is 0 Å². The van der Waals surface area contributed by atoms with Crippen LogP contribution in [0.2, 0.25) is 0 Å². The Kier molecular flexibility index (Phi) is 14.1. The number of nitrogens with zero attached hydrogens (tertiary/aromatic N) is 2. The summed E-state index contributed by atoms with van der Waals surface area (Å²) in [4.78, 5) is 0. The predicted molar refractivity (Wildman–Crippen MR) is 88.8 cm³/mol. The van der Waals surface area contributed by atoms with Crippen LogP contribution in [0.15, 0.2) is 23.9 Å². The van der Waals surface area contributed by atoms with Gasteiger partial charge in [-0.25, -0.2) is 0 Å². The predicted octanol–water partition coefficient (Wildman–Crippen LogP) is 4.32. The van der Waals surface area contributed by atoms with Crippen molar-refractivity contribution >= 4 is 37.7 Å². The summed E-state index contributed by atoms with van der Waals surface area (Å²) in [5.74, 6) is 0.549. The van der Waals surface area contributed by atoms with Crippen molar-refractivity contribution in [3.63, 3.8) is 0 Å². The number of hydrogen-bond donors (Lipinski definition) is 2. The fourth-order valence-electron chi connectivity index (χ4n) is 1.55. The zero-order chi connectivity index (χ0) is 16.1. The molecule has 2 aliphatic heterocycles. The third kappa shape index (κ3) is 17.2. The molecule has 0 spiro atoms. The zero-order valence-corrected chi connectivity index (χ0v) is 16.7. The zero-order valence-electron chi connectivity index (χ0n) is 11.4. The first kappa shape index (κ1) is 22.0. The number of aliphatic hydroxyl groups is 2. The first-order valence-electron chi connectivity index (χ1n) is 6.21. The summed E-state index contributed by atoms with van der Waals surface area (Å²) in [7, 11) is 20.0. The Morgan fingerprint density at radius 2 is 1.71 bits per heavy atom. The van der Waals surface area contributed by atoms with Gasteiger partial charge in [0.25, 0.3) is 0 Å². The Bertz CT molecular complexity index is 313. The van der Waals surface area contributed by atoms with E-state index in [0.29, 0.717) is 19.1 Å². The molecule has 128 valence electrons. The summed E-state index contributed by atoms with van der Waals surface area (Å²) in [6, 6.07) is 0. The number of halogens is 4. The fourth-order valence-corrected chi connectivity index (χ4v) is 1.55. The molecule has 0 amide bonds. The molecular formula is C12H20Cl4N2O2Pt. The molecule has 2 rings (SSSR count). The molecule has 1 fully saturated rings. The third-order valence-corrected chi connectivity index (χ3v) is 2.68. The average Bonchev–Trinajstić information content (AvgIpc) is 2.48. The Hall–Kier alpha value is 1.01. The van der Waals surface area contributed by atoms with E-state index in [1.54, 1.807) is 6.20 Å². The van der Waals surface area contributed by atoms with Gasteiger partial charge in [-0.05, 0) is 11.5 Å². The molecule has 2 N–H and O–H groups in total. The van der Waals surface area contributed by atoms with E-state index in [1.165, 1.54) is 0 Å². The maximum atomic E-state index is 8.65. The standard InChI is InChI=1S/C6H12NO.C6H8NO.4ClH.Pt/c2*8-5-6-1-3-7-4-2-6;;;;;/h6,8H,1-5H2;1-3,8H,4-5H2;4*1H;/q2*-1;;;;;+6/p-4. The van der Waals surface area contributed by atoms with Crippen LogP contribution in [0, 0.1) is 5.92 Å². The normalized spacial score (nSPS) is 19.2. The maximum absolute atomic E-state index is 8.65. The molecule has 0 radical (unpaired) electrons. The fraction of sp³-hybridized carbons (Fsp3) is 0.667. The number of piperidine rings is 1. The first-order valence-corrected chi connectivity index (χ1v) is 17.5. The molecule has 0 aromatic heterocycles. The van der Waals surface area contributed by atoms with Crippen LogP contribution >= 0.6 is 37.7 Å². The van der Waals surface area contributed by atoms with E-state index in [0.717, 1.165) is 31.5 Å². The molecule has 0 bridgehead atoms. The Morgan fingerprint density at radius 3 is 2.00 bits per heavy atom. The van der Waals surface area contributed by atoms with Crippen molar-refractivity contribution in [2.45, 2.75) is 12.8 Å².